The van der Waals surface area contributed by atoms with Gasteiger partial charge < -0.3 is 10.1 Å². The van der Waals surface area contributed by atoms with E-state index in [4.69, 9.17) is 4.74 Å². The molecule has 6 nitrogen and oxygen atoms in total. The summed E-state index contributed by atoms with van der Waals surface area (Å²) in [7, 11) is -3.72. The molecular formula is C25H22N2O4S. The fraction of sp³-hybridized carbons (Fsp3) is 0.0800. The summed E-state index contributed by atoms with van der Waals surface area (Å²) < 4.78 is 33.5. The van der Waals surface area contributed by atoms with Crippen molar-refractivity contribution in [3.05, 3.63) is 97.1 Å². The van der Waals surface area contributed by atoms with Gasteiger partial charge in [-0.1, -0.05) is 54.6 Å². The molecule has 0 aromatic heterocycles. The SMILES string of the molecule is C[C@H](Oc1cccc2ccccc12)C(=O)Nc1ccc(S(=O)(=O)Nc2ccccc2)cc1. The Morgan fingerprint density at radius 2 is 1.44 bits per heavy atom. The Hall–Kier alpha value is -3.84. The van der Waals surface area contributed by atoms with Crippen LogP contribution in [0.3, 0.4) is 0 Å². The summed E-state index contributed by atoms with van der Waals surface area (Å²) in [5, 5.41) is 4.71. The second-order valence-corrected chi connectivity index (χ2v) is 8.90. The van der Waals surface area contributed by atoms with E-state index in [2.05, 4.69) is 10.0 Å². The molecule has 0 aliphatic heterocycles. The molecule has 4 aromatic rings. The molecule has 0 unspecified atom stereocenters. The van der Waals surface area contributed by atoms with E-state index in [1.54, 1.807) is 49.4 Å². The van der Waals surface area contributed by atoms with E-state index in [1.165, 1.54) is 12.1 Å². The second kappa shape index (κ2) is 9.11. The number of sulfonamides is 1. The first-order valence-corrected chi connectivity index (χ1v) is 11.5. The molecule has 0 heterocycles. The van der Waals surface area contributed by atoms with Crippen LogP contribution < -0.4 is 14.8 Å². The van der Waals surface area contributed by atoms with Crippen molar-refractivity contribution in [2.75, 3.05) is 10.0 Å². The predicted octanol–water partition coefficient (Wildman–Crippen LogP) is 5.05. The summed E-state index contributed by atoms with van der Waals surface area (Å²) in [6, 6.07) is 28.1. The number of anilines is 2. The van der Waals surface area contributed by atoms with Crippen LogP contribution in [0.5, 0.6) is 5.75 Å². The molecule has 0 spiro atoms. The molecule has 4 aromatic carbocycles. The van der Waals surface area contributed by atoms with Crippen LogP contribution in [0.4, 0.5) is 11.4 Å². The third kappa shape index (κ3) is 4.90. The fourth-order valence-corrected chi connectivity index (χ4v) is 4.28. The highest BCUT2D eigenvalue weighted by Crippen LogP contribution is 2.26. The normalized spacial score (nSPS) is 12.2. The highest BCUT2D eigenvalue weighted by molar-refractivity contribution is 7.92. The Balaban J connectivity index is 1.42. The van der Waals surface area contributed by atoms with Crippen LogP contribution >= 0.6 is 0 Å². The van der Waals surface area contributed by atoms with Gasteiger partial charge in [0.05, 0.1) is 4.90 Å². The Bertz CT molecular complexity index is 1330. The standard InChI is InChI=1S/C25H22N2O4S/c1-18(31-24-13-7-9-19-8-5-6-12-23(19)24)25(28)26-20-14-16-22(17-15-20)32(29,30)27-21-10-3-2-4-11-21/h2-18,27H,1H3,(H,26,28)/t18-/m0/s1. The molecule has 0 fully saturated rings. The third-order valence-corrected chi connectivity index (χ3v) is 6.28. The smallest absolute Gasteiger partial charge is 0.265 e. The van der Waals surface area contributed by atoms with Gasteiger partial charge in [0, 0.05) is 16.8 Å². The van der Waals surface area contributed by atoms with Crippen LogP contribution in [0.25, 0.3) is 10.8 Å². The van der Waals surface area contributed by atoms with E-state index in [0.29, 0.717) is 17.1 Å². The van der Waals surface area contributed by atoms with Gasteiger partial charge in [0.2, 0.25) is 0 Å². The number of hydrogen-bond acceptors (Lipinski definition) is 4. The molecule has 0 aliphatic carbocycles. The van der Waals surface area contributed by atoms with E-state index < -0.39 is 16.1 Å². The first-order valence-electron chi connectivity index (χ1n) is 10.1. The maximum absolute atomic E-state index is 12.6. The zero-order valence-electron chi connectivity index (χ0n) is 17.4. The van der Waals surface area contributed by atoms with Crippen molar-refractivity contribution >= 4 is 38.1 Å². The number of para-hydroxylation sites is 1. The maximum Gasteiger partial charge on any atom is 0.265 e. The molecule has 0 aliphatic rings. The van der Waals surface area contributed by atoms with E-state index in [-0.39, 0.29) is 10.8 Å². The minimum absolute atomic E-state index is 0.0967. The lowest BCUT2D eigenvalue weighted by Gasteiger charge is -2.16. The fourth-order valence-electron chi connectivity index (χ4n) is 3.22. The van der Waals surface area contributed by atoms with E-state index in [1.807, 2.05) is 42.5 Å². The minimum Gasteiger partial charge on any atom is -0.480 e. The Kier molecular flexibility index (Phi) is 6.09. The van der Waals surface area contributed by atoms with Gasteiger partial charge in [-0.2, -0.15) is 0 Å². The van der Waals surface area contributed by atoms with Crippen molar-refractivity contribution in [3.63, 3.8) is 0 Å². The number of ether oxygens (including phenoxy) is 1. The van der Waals surface area contributed by atoms with Crippen LogP contribution in [-0.4, -0.2) is 20.4 Å². The van der Waals surface area contributed by atoms with Crippen LogP contribution in [0.1, 0.15) is 6.92 Å². The zero-order valence-corrected chi connectivity index (χ0v) is 18.2. The number of fused-ring (bicyclic) bond motifs is 1. The lowest BCUT2D eigenvalue weighted by atomic mass is 10.1. The molecule has 1 atom stereocenters. The second-order valence-electron chi connectivity index (χ2n) is 7.22. The van der Waals surface area contributed by atoms with Crippen LogP contribution in [0.15, 0.2) is 102 Å². The van der Waals surface area contributed by atoms with Crippen LogP contribution in [-0.2, 0) is 14.8 Å². The molecule has 0 saturated carbocycles. The van der Waals surface area contributed by atoms with Crippen molar-refractivity contribution in [3.8, 4) is 5.75 Å². The van der Waals surface area contributed by atoms with Gasteiger partial charge >= 0.3 is 0 Å². The molecule has 0 radical (unpaired) electrons. The van der Waals surface area contributed by atoms with Crippen LogP contribution in [0.2, 0.25) is 0 Å². The van der Waals surface area contributed by atoms with E-state index in [9.17, 15) is 13.2 Å². The molecule has 2 N–H and O–H groups in total. The largest absolute Gasteiger partial charge is 0.480 e. The summed E-state index contributed by atoms with van der Waals surface area (Å²) in [4.78, 5) is 12.7. The molecule has 4 rings (SSSR count). The molecule has 162 valence electrons. The Morgan fingerprint density at radius 1 is 0.781 bits per heavy atom. The Morgan fingerprint density at radius 3 is 2.19 bits per heavy atom. The molecule has 7 heteroatoms. The number of nitrogens with one attached hydrogen (secondary N) is 2. The molecule has 32 heavy (non-hydrogen) atoms. The maximum atomic E-state index is 12.6. The summed E-state index contributed by atoms with van der Waals surface area (Å²) in [5.41, 5.74) is 0.950. The quantitative estimate of drug-likeness (QED) is 0.416. The first-order chi connectivity index (χ1) is 15.4. The van der Waals surface area contributed by atoms with Gasteiger partial charge in [0.15, 0.2) is 6.10 Å². The monoisotopic (exact) mass is 446 g/mol. The van der Waals surface area contributed by atoms with Gasteiger partial charge in [-0.25, -0.2) is 8.42 Å². The van der Waals surface area contributed by atoms with Crippen molar-refractivity contribution in [1.29, 1.82) is 0 Å². The number of hydrogen-bond donors (Lipinski definition) is 2. The predicted molar refractivity (Wildman–Crippen MR) is 126 cm³/mol. The molecule has 0 bridgehead atoms. The highest BCUT2D eigenvalue weighted by Gasteiger charge is 2.18. The average Bonchev–Trinajstić information content (AvgIpc) is 2.80. The van der Waals surface area contributed by atoms with E-state index in [0.717, 1.165) is 10.8 Å². The molecule has 0 saturated heterocycles. The molecular weight excluding hydrogens is 424 g/mol. The summed E-state index contributed by atoms with van der Waals surface area (Å²) in [5.74, 6) is 0.287. The number of carbonyl (C=O) groups is 1. The summed E-state index contributed by atoms with van der Waals surface area (Å²) >= 11 is 0. The number of benzene rings is 4. The van der Waals surface area contributed by atoms with Crippen molar-refractivity contribution < 1.29 is 17.9 Å². The van der Waals surface area contributed by atoms with Crippen molar-refractivity contribution in [1.82, 2.24) is 0 Å². The lowest BCUT2D eigenvalue weighted by molar-refractivity contribution is -0.122. The van der Waals surface area contributed by atoms with Gasteiger partial charge in [0.1, 0.15) is 5.75 Å². The zero-order chi connectivity index (χ0) is 22.6. The molecule has 1 amide bonds. The number of carbonyl (C=O) groups excluding carboxylic acids is 1. The average molecular weight is 447 g/mol. The van der Waals surface area contributed by atoms with Gasteiger partial charge in [-0.3, -0.25) is 9.52 Å². The number of rotatable bonds is 7. The highest BCUT2D eigenvalue weighted by atomic mass is 32.2. The lowest BCUT2D eigenvalue weighted by Crippen LogP contribution is -2.30. The summed E-state index contributed by atoms with van der Waals surface area (Å²) in [6.45, 7) is 1.67. The number of amides is 1. The van der Waals surface area contributed by atoms with E-state index >= 15 is 0 Å². The van der Waals surface area contributed by atoms with Crippen molar-refractivity contribution in [2.45, 2.75) is 17.9 Å². The van der Waals surface area contributed by atoms with Gasteiger partial charge in [-0.05, 0) is 54.8 Å². The topological polar surface area (TPSA) is 84.5 Å². The first kappa shape index (κ1) is 21.4. The van der Waals surface area contributed by atoms with Crippen molar-refractivity contribution in [2.24, 2.45) is 0 Å². The van der Waals surface area contributed by atoms with Crippen LogP contribution in [0, 0.1) is 0 Å². The van der Waals surface area contributed by atoms with Gasteiger partial charge in [0.25, 0.3) is 15.9 Å². The summed E-state index contributed by atoms with van der Waals surface area (Å²) in [6.07, 6.45) is -0.746. The third-order valence-electron chi connectivity index (χ3n) is 4.88. The van der Waals surface area contributed by atoms with Gasteiger partial charge in [-0.15, -0.1) is 0 Å². The Labute approximate surface area is 186 Å². The minimum atomic E-state index is -3.72.